The first-order chi connectivity index (χ1) is 10.7. The van der Waals surface area contributed by atoms with Crippen molar-refractivity contribution in [2.45, 2.75) is 19.4 Å². The van der Waals surface area contributed by atoms with Crippen LogP contribution in [0.15, 0.2) is 35.0 Å². The van der Waals surface area contributed by atoms with Crippen molar-refractivity contribution in [3.8, 4) is 17.3 Å². The van der Waals surface area contributed by atoms with Crippen molar-refractivity contribution >= 4 is 24.0 Å². The molecule has 7 nitrogen and oxygen atoms in total. The molecule has 0 bridgehead atoms. The zero-order valence-electron chi connectivity index (χ0n) is 12.6. The van der Waals surface area contributed by atoms with E-state index in [4.69, 9.17) is 16.1 Å². The van der Waals surface area contributed by atoms with Crippen LogP contribution in [0.2, 0.25) is 5.02 Å². The van der Waals surface area contributed by atoms with Gasteiger partial charge in [-0.05, 0) is 26.1 Å². The monoisotopic (exact) mass is 354 g/mol. The third-order valence-corrected chi connectivity index (χ3v) is 3.58. The Labute approximate surface area is 144 Å². The summed E-state index contributed by atoms with van der Waals surface area (Å²) in [5.74, 6) is 0.973. The molecule has 23 heavy (non-hydrogen) atoms. The predicted molar refractivity (Wildman–Crippen MR) is 89.1 cm³/mol. The number of hydrogen-bond acceptors (Lipinski definition) is 6. The molecule has 0 fully saturated rings. The van der Waals surface area contributed by atoms with E-state index >= 15 is 0 Å². The highest BCUT2D eigenvalue weighted by molar-refractivity contribution is 6.32. The number of likely N-dealkylation sites (N-methyl/N-ethyl adjacent to an activating group) is 1. The summed E-state index contributed by atoms with van der Waals surface area (Å²) in [5, 5.41) is 15.8. The average Bonchev–Trinajstić information content (AvgIpc) is 3.16. The van der Waals surface area contributed by atoms with Gasteiger partial charge in [-0.1, -0.05) is 34.1 Å². The molecule has 2 heterocycles. The Morgan fingerprint density at radius 3 is 2.87 bits per heavy atom. The van der Waals surface area contributed by atoms with Crippen LogP contribution in [0.1, 0.15) is 12.7 Å². The lowest BCUT2D eigenvalue weighted by molar-refractivity contribution is 0.417. The maximum absolute atomic E-state index is 6.14. The molecule has 0 amide bonds. The summed E-state index contributed by atoms with van der Waals surface area (Å²) in [6.07, 6.45) is 2.39. The third-order valence-electron chi connectivity index (χ3n) is 3.26. The van der Waals surface area contributed by atoms with Crippen molar-refractivity contribution in [3.63, 3.8) is 0 Å². The predicted octanol–water partition coefficient (Wildman–Crippen LogP) is 2.54. The molecule has 2 aromatic heterocycles. The number of hydrogen-bond donors (Lipinski definition) is 1. The zero-order chi connectivity index (χ0) is 15.5. The molecule has 9 heteroatoms. The summed E-state index contributed by atoms with van der Waals surface area (Å²) >= 11 is 6.14. The van der Waals surface area contributed by atoms with Gasteiger partial charge < -0.3 is 9.84 Å². The number of nitrogens with one attached hydrogen (secondary N) is 1. The van der Waals surface area contributed by atoms with Crippen LogP contribution in [-0.4, -0.2) is 38.2 Å². The fourth-order valence-corrected chi connectivity index (χ4v) is 2.16. The van der Waals surface area contributed by atoms with Gasteiger partial charge in [0, 0.05) is 12.5 Å². The van der Waals surface area contributed by atoms with Crippen molar-refractivity contribution < 1.29 is 4.52 Å². The number of halogens is 2. The highest BCUT2D eigenvalue weighted by Gasteiger charge is 2.15. The van der Waals surface area contributed by atoms with Crippen LogP contribution in [-0.2, 0) is 6.42 Å². The number of rotatable bonds is 5. The summed E-state index contributed by atoms with van der Waals surface area (Å²) in [4.78, 5) is 4.33. The Hall–Kier alpha value is -1.96. The molecule has 0 radical (unpaired) electrons. The van der Waals surface area contributed by atoms with Gasteiger partial charge in [-0.3, -0.25) is 0 Å². The minimum Gasteiger partial charge on any atom is -0.332 e. The summed E-state index contributed by atoms with van der Waals surface area (Å²) < 4.78 is 6.82. The molecule has 0 aliphatic carbocycles. The van der Waals surface area contributed by atoms with Crippen LogP contribution < -0.4 is 5.32 Å². The molecule has 0 spiro atoms. The van der Waals surface area contributed by atoms with Gasteiger partial charge in [0.1, 0.15) is 0 Å². The number of benzene rings is 1. The second-order valence-electron chi connectivity index (χ2n) is 4.91. The SMILES string of the molecule is CNC(C)Cc1noc(-c2cn(-c3ccccc3Cl)nn2)n1.Cl. The van der Waals surface area contributed by atoms with Crippen LogP contribution in [0.25, 0.3) is 17.3 Å². The summed E-state index contributed by atoms with van der Waals surface area (Å²) in [7, 11) is 1.89. The Kier molecular flexibility index (Phi) is 5.70. The molecule has 0 saturated heterocycles. The highest BCUT2D eigenvalue weighted by Crippen LogP contribution is 2.21. The fourth-order valence-electron chi connectivity index (χ4n) is 1.93. The van der Waals surface area contributed by atoms with Gasteiger partial charge >= 0.3 is 0 Å². The summed E-state index contributed by atoms with van der Waals surface area (Å²) in [6.45, 7) is 2.05. The van der Waals surface area contributed by atoms with Gasteiger partial charge in [-0.15, -0.1) is 17.5 Å². The van der Waals surface area contributed by atoms with Crippen LogP contribution in [0.3, 0.4) is 0 Å². The Morgan fingerprint density at radius 2 is 2.13 bits per heavy atom. The first kappa shape index (κ1) is 17.4. The number of para-hydroxylation sites is 1. The van der Waals surface area contributed by atoms with Crippen LogP contribution in [0, 0.1) is 0 Å². The molecule has 3 aromatic rings. The fraction of sp³-hybridized carbons (Fsp3) is 0.286. The van der Waals surface area contributed by atoms with Crippen LogP contribution in [0.4, 0.5) is 0 Å². The molecule has 1 aromatic carbocycles. The van der Waals surface area contributed by atoms with Crippen molar-refractivity contribution in [2.24, 2.45) is 0 Å². The van der Waals surface area contributed by atoms with E-state index in [9.17, 15) is 0 Å². The lowest BCUT2D eigenvalue weighted by atomic mass is 10.2. The maximum Gasteiger partial charge on any atom is 0.280 e. The van der Waals surface area contributed by atoms with Crippen molar-refractivity contribution in [1.82, 2.24) is 30.5 Å². The Bertz CT molecular complexity index is 772. The van der Waals surface area contributed by atoms with Crippen LogP contribution >= 0.6 is 24.0 Å². The highest BCUT2D eigenvalue weighted by atomic mass is 35.5. The third kappa shape index (κ3) is 3.87. The van der Waals surface area contributed by atoms with Gasteiger partial charge in [-0.2, -0.15) is 4.98 Å². The summed E-state index contributed by atoms with van der Waals surface area (Å²) in [6, 6.07) is 7.66. The number of nitrogens with zero attached hydrogens (tertiary/aromatic N) is 5. The quantitative estimate of drug-likeness (QED) is 0.758. The molecular weight excluding hydrogens is 339 g/mol. The maximum atomic E-state index is 6.14. The van der Waals surface area contributed by atoms with Crippen molar-refractivity contribution in [3.05, 3.63) is 41.3 Å². The Morgan fingerprint density at radius 1 is 1.35 bits per heavy atom. The van der Waals surface area contributed by atoms with Crippen molar-refractivity contribution in [1.29, 1.82) is 0 Å². The molecule has 0 aliphatic heterocycles. The lowest BCUT2D eigenvalue weighted by Gasteiger charge is -2.04. The molecule has 1 N–H and O–H groups in total. The minimum atomic E-state index is 0. The Balaban J connectivity index is 0.00000192. The minimum absolute atomic E-state index is 0. The van der Waals surface area contributed by atoms with Gasteiger partial charge in [0.15, 0.2) is 11.5 Å². The molecular formula is C14H16Cl2N6O. The van der Waals surface area contributed by atoms with Gasteiger partial charge in [-0.25, -0.2) is 4.68 Å². The van der Waals surface area contributed by atoms with Crippen LogP contribution in [0.5, 0.6) is 0 Å². The first-order valence-electron chi connectivity index (χ1n) is 6.85. The topological polar surface area (TPSA) is 81.7 Å². The van der Waals surface area contributed by atoms with E-state index in [1.807, 2.05) is 32.2 Å². The van der Waals surface area contributed by atoms with E-state index in [1.54, 1.807) is 16.9 Å². The molecule has 122 valence electrons. The molecule has 0 aliphatic rings. The van der Waals surface area contributed by atoms with E-state index in [-0.39, 0.29) is 18.4 Å². The second-order valence-corrected chi connectivity index (χ2v) is 5.32. The first-order valence-corrected chi connectivity index (χ1v) is 7.22. The average molecular weight is 355 g/mol. The van der Waals surface area contributed by atoms with E-state index in [2.05, 4.69) is 25.8 Å². The van der Waals surface area contributed by atoms with E-state index < -0.39 is 0 Å². The largest absolute Gasteiger partial charge is 0.332 e. The lowest BCUT2D eigenvalue weighted by Crippen LogP contribution is -2.24. The molecule has 0 saturated carbocycles. The van der Waals surface area contributed by atoms with Gasteiger partial charge in [0.05, 0.1) is 16.9 Å². The second kappa shape index (κ2) is 7.54. The zero-order valence-corrected chi connectivity index (χ0v) is 14.2. The molecule has 1 unspecified atom stereocenters. The number of aromatic nitrogens is 5. The van der Waals surface area contributed by atoms with E-state index in [0.717, 1.165) is 5.69 Å². The van der Waals surface area contributed by atoms with Gasteiger partial charge in [0.25, 0.3) is 5.89 Å². The standard InChI is InChI=1S/C14H15ClN6O.ClH/c1-9(16-2)7-13-17-14(22-19-13)11-8-21(20-18-11)12-6-4-3-5-10(12)15;/h3-6,8-9,16H,7H2,1-2H3;1H. The van der Waals surface area contributed by atoms with E-state index in [1.165, 1.54) is 0 Å². The molecule has 3 rings (SSSR count). The molecule has 1 atom stereocenters. The summed E-state index contributed by atoms with van der Waals surface area (Å²) in [5.41, 5.74) is 1.25. The van der Waals surface area contributed by atoms with Crippen molar-refractivity contribution in [2.75, 3.05) is 7.05 Å². The van der Waals surface area contributed by atoms with Gasteiger partial charge in [0.2, 0.25) is 0 Å². The van der Waals surface area contributed by atoms with E-state index in [0.29, 0.717) is 28.9 Å². The smallest absolute Gasteiger partial charge is 0.280 e. The normalized spacial score (nSPS) is 12.0.